The highest BCUT2D eigenvalue weighted by Crippen LogP contribution is 2.32. The summed E-state index contributed by atoms with van der Waals surface area (Å²) in [5, 5.41) is 20.3. The van der Waals surface area contributed by atoms with Gasteiger partial charge in [0.05, 0.1) is 11.8 Å². The molecule has 0 spiro atoms. The molecule has 4 rings (SSSR count). The number of amides is 1. The Hall–Kier alpha value is -3.57. The Kier molecular flexibility index (Phi) is 6.24. The summed E-state index contributed by atoms with van der Waals surface area (Å²) in [7, 11) is -3.38. The smallest absolute Gasteiger partial charge is 0.339 e. The van der Waals surface area contributed by atoms with Crippen molar-refractivity contribution in [1.82, 2.24) is 14.2 Å². The fraction of sp³-hybridized carbons (Fsp3) is 0.261. The van der Waals surface area contributed by atoms with E-state index in [9.17, 15) is 32.6 Å². The van der Waals surface area contributed by atoms with Crippen molar-refractivity contribution in [3.63, 3.8) is 0 Å². The number of aromatic carboxylic acids is 1. The van der Waals surface area contributed by atoms with Crippen LogP contribution >= 0.6 is 0 Å². The molecule has 1 fully saturated rings. The van der Waals surface area contributed by atoms with Crippen LogP contribution in [0.25, 0.3) is 10.9 Å². The van der Waals surface area contributed by atoms with Crippen molar-refractivity contribution in [3.8, 4) is 5.75 Å². The predicted molar refractivity (Wildman–Crippen MR) is 122 cm³/mol. The minimum Gasteiger partial charge on any atom is -0.505 e. The number of rotatable bonds is 5. The molecule has 1 amide bonds. The van der Waals surface area contributed by atoms with E-state index in [1.54, 1.807) is 18.2 Å². The lowest BCUT2D eigenvalue weighted by Gasteiger charge is -2.33. The summed E-state index contributed by atoms with van der Waals surface area (Å²) in [6.07, 6.45) is 2.95. The first kappa shape index (κ1) is 23.6. The van der Waals surface area contributed by atoms with Gasteiger partial charge in [-0.3, -0.25) is 9.78 Å². The van der Waals surface area contributed by atoms with Crippen molar-refractivity contribution in [1.29, 1.82) is 0 Å². The van der Waals surface area contributed by atoms with E-state index in [0.717, 1.165) is 17.9 Å². The maximum atomic E-state index is 13.4. The summed E-state index contributed by atoms with van der Waals surface area (Å²) in [5.74, 6) is -2.81. The number of phenols is 1. The number of hydrogen-bond donors (Lipinski definition) is 2. The monoisotopic (exact) mass is 487 g/mol. The molecule has 1 aliphatic heterocycles. The van der Waals surface area contributed by atoms with Crippen LogP contribution in [0, 0.1) is 5.82 Å². The zero-order valence-electron chi connectivity index (χ0n) is 18.2. The van der Waals surface area contributed by atoms with Crippen molar-refractivity contribution < 1.29 is 32.6 Å². The average molecular weight is 488 g/mol. The van der Waals surface area contributed by atoms with Gasteiger partial charge in [-0.25, -0.2) is 17.6 Å². The molecule has 0 aliphatic carbocycles. The van der Waals surface area contributed by atoms with Gasteiger partial charge in [-0.15, -0.1) is 0 Å². The van der Waals surface area contributed by atoms with Crippen LogP contribution in [0.15, 0.2) is 42.6 Å². The second kappa shape index (κ2) is 8.99. The number of carbonyl (C=O) groups is 2. The molecule has 1 aliphatic rings. The summed E-state index contributed by atoms with van der Waals surface area (Å²) in [4.78, 5) is 30.7. The standard InChI is InChI=1S/C23H22FN3O6S/c1-34(32,33)27-8-6-26(7-9-27)22(29)18-12-19(23(30)31)21(28)20-17(18)11-15(13-25-20)10-14-2-4-16(24)5-3-14/h2-5,11-13,28H,6-10H2,1H3,(H,30,31). The molecule has 0 saturated carbocycles. The van der Waals surface area contributed by atoms with Crippen LogP contribution in [0.1, 0.15) is 31.8 Å². The van der Waals surface area contributed by atoms with Gasteiger partial charge in [-0.2, -0.15) is 4.31 Å². The molecule has 2 aromatic carbocycles. The summed E-state index contributed by atoms with van der Waals surface area (Å²) >= 11 is 0. The zero-order valence-corrected chi connectivity index (χ0v) is 19.0. The SMILES string of the molecule is CS(=O)(=O)N1CCN(C(=O)c2cc(C(=O)O)c(O)c3ncc(Cc4ccc(F)cc4)cc23)CC1. The van der Waals surface area contributed by atoms with E-state index in [-0.39, 0.29) is 48.5 Å². The number of halogens is 1. The molecule has 1 saturated heterocycles. The van der Waals surface area contributed by atoms with E-state index < -0.39 is 33.2 Å². The number of benzene rings is 2. The van der Waals surface area contributed by atoms with E-state index in [4.69, 9.17) is 0 Å². The van der Waals surface area contributed by atoms with Crippen molar-refractivity contribution in [2.45, 2.75) is 6.42 Å². The maximum Gasteiger partial charge on any atom is 0.339 e. The fourth-order valence-corrected chi connectivity index (χ4v) is 4.81. The number of carbonyl (C=O) groups excluding carboxylic acids is 1. The van der Waals surface area contributed by atoms with Gasteiger partial charge < -0.3 is 15.1 Å². The lowest BCUT2D eigenvalue weighted by molar-refractivity contribution is 0.0693. The zero-order chi connectivity index (χ0) is 24.6. The van der Waals surface area contributed by atoms with Crippen LogP contribution in [-0.4, -0.2) is 77.1 Å². The number of aromatic nitrogens is 1. The topological polar surface area (TPSA) is 128 Å². The lowest BCUT2D eigenvalue weighted by atomic mass is 9.98. The van der Waals surface area contributed by atoms with Gasteiger partial charge in [0, 0.05) is 37.8 Å². The number of piperazine rings is 1. The first-order chi connectivity index (χ1) is 16.0. The molecule has 34 heavy (non-hydrogen) atoms. The van der Waals surface area contributed by atoms with Gasteiger partial charge in [-0.05, 0) is 41.8 Å². The largest absolute Gasteiger partial charge is 0.505 e. The predicted octanol–water partition coefficient (Wildman–Crippen LogP) is 2.09. The molecule has 2 heterocycles. The van der Waals surface area contributed by atoms with Gasteiger partial charge >= 0.3 is 5.97 Å². The van der Waals surface area contributed by atoms with Crippen molar-refractivity contribution in [3.05, 3.63) is 70.7 Å². The molecule has 9 nitrogen and oxygen atoms in total. The van der Waals surface area contributed by atoms with E-state index in [1.165, 1.54) is 27.5 Å². The van der Waals surface area contributed by atoms with E-state index in [1.807, 2.05) is 0 Å². The number of nitrogens with zero attached hydrogens (tertiary/aromatic N) is 3. The van der Waals surface area contributed by atoms with Crippen molar-refractivity contribution in [2.24, 2.45) is 0 Å². The van der Waals surface area contributed by atoms with Gasteiger partial charge in [0.2, 0.25) is 10.0 Å². The second-order valence-electron chi connectivity index (χ2n) is 8.12. The number of carboxylic acid groups (broad SMARTS) is 1. The minimum absolute atomic E-state index is 0.0270. The third-order valence-corrected chi connectivity index (χ3v) is 7.08. The Bertz CT molecular complexity index is 1380. The number of hydrogen-bond acceptors (Lipinski definition) is 6. The number of fused-ring (bicyclic) bond motifs is 1. The molecule has 0 bridgehead atoms. The molecule has 1 aromatic heterocycles. The molecular formula is C23H22FN3O6S. The van der Waals surface area contributed by atoms with Crippen LogP contribution < -0.4 is 0 Å². The van der Waals surface area contributed by atoms with Crippen LogP contribution in [0.2, 0.25) is 0 Å². The second-order valence-corrected chi connectivity index (χ2v) is 10.1. The van der Waals surface area contributed by atoms with Crippen LogP contribution in [-0.2, 0) is 16.4 Å². The van der Waals surface area contributed by atoms with E-state index >= 15 is 0 Å². The average Bonchev–Trinajstić information content (AvgIpc) is 2.80. The van der Waals surface area contributed by atoms with Crippen LogP contribution in [0.3, 0.4) is 0 Å². The quantitative estimate of drug-likeness (QED) is 0.564. The number of carboxylic acids is 1. The van der Waals surface area contributed by atoms with Gasteiger partial charge in [0.25, 0.3) is 5.91 Å². The lowest BCUT2D eigenvalue weighted by Crippen LogP contribution is -2.50. The van der Waals surface area contributed by atoms with E-state index in [0.29, 0.717) is 12.0 Å². The number of sulfonamides is 1. The van der Waals surface area contributed by atoms with Gasteiger partial charge in [-0.1, -0.05) is 12.1 Å². The third kappa shape index (κ3) is 4.70. The Labute approximate surface area is 195 Å². The summed E-state index contributed by atoms with van der Waals surface area (Å²) < 4.78 is 38.0. The van der Waals surface area contributed by atoms with E-state index in [2.05, 4.69) is 4.98 Å². The fourth-order valence-electron chi connectivity index (χ4n) is 3.99. The molecule has 0 atom stereocenters. The molecule has 178 valence electrons. The highest BCUT2D eigenvalue weighted by Gasteiger charge is 2.29. The summed E-state index contributed by atoms with van der Waals surface area (Å²) in [6.45, 7) is 0.527. The summed E-state index contributed by atoms with van der Waals surface area (Å²) in [5.41, 5.74) is 1.05. The molecule has 0 unspecified atom stereocenters. The highest BCUT2D eigenvalue weighted by molar-refractivity contribution is 7.88. The Morgan fingerprint density at radius 1 is 1.03 bits per heavy atom. The number of aromatic hydroxyl groups is 1. The highest BCUT2D eigenvalue weighted by atomic mass is 32.2. The van der Waals surface area contributed by atoms with Crippen molar-refractivity contribution in [2.75, 3.05) is 32.4 Å². The molecular weight excluding hydrogens is 465 g/mol. The van der Waals surface area contributed by atoms with Gasteiger partial charge in [0.15, 0.2) is 5.75 Å². The molecule has 2 N–H and O–H groups in total. The Morgan fingerprint density at radius 3 is 2.26 bits per heavy atom. The van der Waals surface area contributed by atoms with Crippen LogP contribution in [0.5, 0.6) is 5.75 Å². The number of pyridine rings is 1. The Balaban J connectivity index is 1.74. The molecule has 3 aromatic rings. The first-order valence-corrected chi connectivity index (χ1v) is 12.3. The van der Waals surface area contributed by atoms with Crippen LogP contribution in [0.4, 0.5) is 4.39 Å². The molecule has 0 radical (unpaired) electrons. The summed E-state index contributed by atoms with van der Waals surface area (Å²) in [6, 6.07) is 8.68. The third-order valence-electron chi connectivity index (χ3n) is 5.78. The Morgan fingerprint density at radius 2 is 1.68 bits per heavy atom. The molecule has 11 heteroatoms. The van der Waals surface area contributed by atoms with Gasteiger partial charge in [0.1, 0.15) is 16.9 Å². The maximum absolute atomic E-state index is 13.4. The normalized spacial score (nSPS) is 14.9. The first-order valence-electron chi connectivity index (χ1n) is 10.4. The minimum atomic E-state index is -3.38. The van der Waals surface area contributed by atoms with Crippen molar-refractivity contribution >= 4 is 32.8 Å².